The molecule has 5 heteroatoms. The first-order valence-corrected chi connectivity index (χ1v) is 5.55. The van der Waals surface area contributed by atoms with Gasteiger partial charge in [0.2, 0.25) is 0 Å². The van der Waals surface area contributed by atoms with Crippen LogP contribution >= 0.6 is 15.9 Å². The van der Waals surface area contributed by atoms with Crippen LogP contribution in [0.5, 0.6) is 0 Å². The van der Waals surface area contributed by atoms with Gasteiger partial charge in [0.1, 0.15) is 5.82 Å². The van der Waals surface area contributed by atoms with Gasteiger partial charge in [0.15, 0.2) is 0 Å². The van der Waals surface area contributed by atoms with Gasteiger partial charge in [0.05, 0.1) is 12.2 Å². The van der Waals surface area contributed by atoms with Crippen LogP contribution in [0.15, 0.2) is 22.7 Å². The molecule has 0 spiro atoms. The molecule has 0 unspecified atom stereocenters. The van der Waals surface area contributed by atoms with Crippen LogP contribution < -0.4 is 0 Å². The Bertz CT molecular complexity index is 364. The van der Waals surface area contributed by atoms with Crippen LogP contribution in [0.3, 0.4) is 0 Å². The second-order valence-electron chi connectivity index (χ2n) is 3.32. The Balaban J connectivity index is 2.87. The zero-order valence-electron chi connectivity index (χ0n) is 9.17. The highest BCUT2D eigenvalue weighted by molar-refractivity contribution is 9.10. The zero-order chi connectivity index (χ0) is 12.1. The Hall–Kier alpha value is -0.940. The third-order valence-electron chi connectivity index (χ3n) is 2.15. The summed E-state index contributed by atoms with van der Waals surface area (Å²) in [6.07, 6.45) is 0. The first kappa shape index (κ1) is 13.1. The van der Waals surface area contributed by atoms with Gasteiger partial charge < -0.3 is 9.64 Å². The summed E-state index contributed by atoms with van der Waals surface area (Å²) in [5, 5.41) is 0. The average molecular weight is 290 g/mol. The molecular formula is C11H13BrFNO2. The number of likely N-dealkylation sites (N-methyl/N-ethyl adjacent to an activating group) is 1. The molecule has 0 aliphatic heterocycles. The van der Waals surface area contributed by atoms with Crippen molar-refractivity contribution in [2.45, 2.75) is 0 Å². The van der Waals surface area contributed by atoms with E-state index in [1.807, 2.05) is 0 Å². The van der Waals surface area contributed by atoms with Gasteiger partial charge in [0, 0.05) is 25.2 Å². The molecule has 0 saturated heterocycles. The van der Waals surface area contributed by atoms with Crippen LogP contribution in [0.25, 0.3) is 0 Å². The number of hydrogen-bond acceptors (Lipinski definition) is 2. The maximum absolute atomic E-state index is 13.5. The summed E-state index contributed by atoms with van der Waals surface area (Å²) in [5.74, 6) is -0.884. The third kappa shape index (κ3) is 3.02. The lowest BCUT2D eigenvalue weighted by molar-refractivity contribution is 0.0739. The Morgan fingerprint density at radius 2 is 2.25 bits per heavy atom. The number of methoxy groups -OCH3 is 1. The smallest absolute Gasteiger partial charge is 0.257 e. The molecule has 0 saturated carbocycles. The maximum atomic E-state index is 13.5. The second kappa shape index (κ2) is 5.96. The van der Waals surface area contributed by atoms with Crippen molar-refractivity contribution >= 4 is 21.8 Å². The minimum atomic E-state index is -0.524. The third-order valence-corrected chi connectivity index (χ3v) is 2.81. The van der Waals surface area contributed by atoms with Crippen molar-refractivity contribution in [3.63, 3.8) is 0 Å². The van der Waals surface area contributed by atoms with Crippen molar-refractivity contribution in [2.24, 2.45) is 0 Å². The van der Waals surface area contributed by atoms with E-state index >= 15 is 0 Å². The predicted molar refractivity (Wildman–Crippen MR) is 62.9 cm³/mol. The fraction of sp³-hybridized carbons (Fsp3) is 0.364. The van der Waals surface area contributed by atoms with E-state index in [4.69, 9.17) is 4.74 Å². The molecule has 3 nitrogen and oxygen atoms in total. The van der Waals surface area contributed by atoms with Gasteiger partial charge in [-0.15, -0.1) is 0 Å². The fourth-order valence-corrected chi connectivity index (χ4v) is 1.73. The lowest BCUT2D eigenvalue weighted by atomic mass is 10.2. The lowest BCUT2D eigenvalue weighted by Crippen LogP contribution is -2.30. The van der Waals surface area contributed by atoms with E-state index in [9.17, 15) is 9.18 Å². The number of nitrogens with zero attached hydrogens (tertiary/aromatic N) is 1. The first-order valence-electron chi connectivity index (χ1n) is 4.76. The molecule has 88 valence electrons. The summed E-state index contributed by atoms with van der Waals surface area (Å²) < 4.78 is 18.8. The molecule has 0 radical (unpaired) electrons. The van der Waals surface area contributed by atoms with Gasteiger partial charge in [-0.2, -0.15) is 0 Å². The molecule has 0 aromatic heterocycles. The number of benzene rings is 1. The number of amides is 1. The Morgan fingerprint density at radius 1 is 1.56 bits per heavy atom. The summed E-state index contributed by atoms with van der Waals surface area (Å²) in [6, 6.07) is 4.45. The summed E-state index contributed by atoms with van der Waals surface area (Å²) in [5.41, 5.74) is 0.0566. The SMILES string of the molecule is COCCN(C)C(=O)c1c(F)cccc1Br. The summed E-state index contributed by atoms with van der Waals surface area (Å²) in [7, 11) is 3.16. The molecular weight excluding hydrogens is 277 g/mol. The van der Waals surface area contributed by atoms with Crippen LogP contribution in [0.1, 0.15) is 10.4 Å². The fourth-order valence-electron chi connectivity index (χ4n) is 1.22. The van der Waals surface area contributed by atoms with E-state index in [0.717, 1.165) is 0 Å². The van der Waals surface area contributed by atoms with Gasteiger partial charge in [-0.25, -0.2) is 4.39 Å². The number of carbonyl (C=O) groups is 1. The van der Waals surface area contributed by atoms with Crippen LogP contribution in [-0.2, 0) is 4.74 Å². The van der Waals surface area contributed by atoms with E-state index in [1.54, 1.807) is 26.3 Å². The van der Waals surface area contributed by atoms with Crippen LogP contribution in [-0.4, -0.2) is 38.1 Å². The van der Waals surface area contributed by atoms with E-state index in [0.29, 0.717) is 17.6 Å². The van der Waals surface area contributed by atoms with Gasteiger partial charge in [-0.1, -0.05) is 6.07 Å². The van der Waals surface area contributed by atoms with Crippen LogP contribution in [0.4, 0.5) is 4.39 Å². The van der Waals surface area contributed by atoms with Crippen molar-refractivity contribution < 1.29 is 13.9 Å². The van der Waals surface area contributed by atoms with Crippen molar-refractivity contribution in [1.29, 1.82) is 0 Å². The highest BCUT2D eigenvalue weighted by atomic mass is 79.9. The molecule has 0 N–H and O–H groups in total. The normalized spacial score (nSPS) is 10.2. The summed E-state index contributed by atoms with van der Waals surface area (Å²) in [4.78, 5) is 13.3. The Labute approximate surface area is 102 Å². The molecule has 0 aliphatic rings. The predicted octanol–water partition coefficient (Wildman–Crippen LogP) is 2.31. The van der Waals surface area contributed by atoms with E-state index in [1.165, 1.54) is 11.0 Å². The molecule has 1 rings (SSSR count). The van der Waals surface area contributed by atoms with Gasteiger partial charge in [0.25, 0.3) is 5.91 Å². The molecule has 0 fully saturated rings. The van der Waals surface area contributed by atoms with Gasteiger partial charge >= 0.3 is 0 Å². The molecule has 0 aliphatic carbocycles. The molecule has 16 heavy (non-hydrogen) atoms. The number of rotatable bonds is 4. The molecule has 1 aromatic carbocycles. The highest BCUT2D eigenvalue weighted by Crippen LogP contribution is 2.20. The maximum Gasteiger partial charge on any atom is 0.257 e. The number of halogens is 2. The minimum Gasteiger partial charge on any atom is -0.383 e. The quantitative estimate of drug-likeness (QED) is 0.851. The molecule has 0 heterocycles. The van der Waals surface area contributed by atoms with Crippen molar-refractivity contribution in [1.82, 2.24) is 4.90 Å². The Kier molecular flexibility index (Phi) is 4.89. The largest absolute Gasteiger partial charge is 0.383 e. The second-order valence-corrected chi connectivity index (χ2v) is 4.17. The number of ether oxygens (including phenoxy) is 1. The topological polar surface area (TPSA) is 29.5 Å². The highest BCUT2D eigenvalue weighted by Gasteiger charge is 2.18. The number of carbonyl (C=O) groups excluding carboxylic acids is 1. The molecule has 0 atom stereocenters. The van der Waals surface area contributed by atoms with Crippen LogP contribution in [0.2, 0.25) is 0 Å². The summed E-state index contributed by atoms with van der Waals surface area (Å²) in [6.45, 7) is 0.852. The lowest BCUT2D eigenvalue weighted by Gasteiger charge is -2.17. The monoisotopic (exact) mass is 289 g/mol. The zero-order valence-corrected chi connectivity index (χ0v) is 10.8. The van der Waals surface area contributed by atoms with Crippen molar-refractivity contribution in [2.75, 3.05) is 27.3 Å². The Morgan fingerprint density at radius 3 is 2.81 bits per heavy atom. The minimum absolute atomic E-state index is 0.0566. The molecule has 0 bridgehead atoms. The van der Waals surface area contributed by atoms with E-state index < -0.39 is 5.82 Å². The van der Waals surface area contributed by atoms with Crippen molar-refractivity contribution in [3.05, 3.63) is 34.1 Å². The first-order chi connectivity index (χ1) is 7.57. The standard InChI is InChI=1S/C11H13BrFNO2/c1-14(6-7-16-2)11(15)10-8(12)4-3-5-9(10)13/h3-5H,6-7H2,1-2H3. The van der Waals surface area contributed by atoms with E-state index in [-0.39, 0.29) is 11.5 Å². The molecule has 1 aromatic rings. The average Bonchev–Trinajstić information content (AvgIpc) is 2.25. The van der Waals surface area contributed by atoms with Gasteiger partial charge in [-0.3, -0.25) is 4.79 Å². The number of hydrogen-bond donors (Lipinski definition) is 0. The van der Waals surface area contributed by atoms with Crippen LogP contribution in [0, 0.1) is 5.82 Å². The van der Waals surface area contributed by atoms with Gasteiger partial charge in [-0.05, 0) is 28.1 Å². The van der Waals surface area contributed by atoms with E-state index in [2.05, 4.69) is 15.9 Å². The summed E-state index contributed by atoms with van der Waals surface area (Å²) >= 11 is 3.17. The van der Waals surface area contributed by atoms with Crippen molar-refractivity contribution in [3.8, 4) is 0 Å². The molecule has 1 amide bonds.